The predicted molar refractivity (Wildman–Crippen MR) is 55.5 cm³/mol. The zero-order valence-corrected chi connectivity index (χ0v) is 8.71. The van der Waals surface area contributed by atoms with Gasteiger partial charge in [0.05, 0.1) is 6.10 Å². The Labute approximate surface area is 81.5 Å². The van der Waals surface area contributed by atoms with Crippen LogP contribution in [0.5, 0.6) is 0 Å². The average molecular weight is 185 g/mol. The summed E-state index contributed by atoms with van der Waals surface area (Å²) in [5.74, 6) is 0.888. The number of aliphatic hydroxyl groups excluding tert-OH is 1. The first-order valence-electron chi connectivity index (χ1n) is 5.64. The average Bonchev–Trinajstić information content (AvgIpc) is 2.15. The summed E-state index contributed by atoms with van der Waals surface area (Å²) in [5, 5.41) is 9.23. The highest BCUT2D eigenvalue weighted by atomic mass is 16.3. The van der Waals surface area contributed by atoms with Gasteiger partial charge in [0.1, 0.15) is 0 Å². The molecule has 1 rings (SSSR count). The molecule has 1 unspecified atom stereocenters. The topological polar surface area (TPSA) is 46.2 Å². The number of hydrogen-bond acceptors (Lipinski definition) is 2. The van der Waals surface area contributed by atoms with Crippen LogP contribution in [0.15, 0.2) is 0 Å². The third-order valence-corrected chi connectivity index (χ3v) is 3.25. The van der Waals surface area contributed by atoms with Crippen molar-refractivity contribution in [2.24, 2.45) is 11.7 Å². The number of nitrogens with two attached hydrogens (primary N) is 1. The third kappa shape index (κ3) is 4.10. The zero-order valence-electron chi connectivity index (χ0n) is 8.71. The standard InChI is InChI=1S/C11H23NO/c1-9(13)11(12)8-7-10-5-3-2-4-6-10/h9-11,13H,2-8,12H2,1H3/t9?,11-/m0/s1. The highest BCUT2D eigenvalue weighted by Crippen LogP contribution is 2.27. The molecule has 0 saturated heterocycles. The molecule has 0 heterocycles. The minimum atomic E-state index is -0.344. The summed E-state index contributed by atoms with van der Waals surface area (Å²) >= 11 is 0. The second-order valence-electron chi connectivity index (χ2n) is 4.49. The molecule has 0 aromatic rings. The molecule has 78 valence electrons. The summed E-state index contributed by atoms with van der Waals surface area (Å²) in [6.45, 7) is 1.78. The number of rotatable bonds is 4. The van der Waals surface area contributed by atoms with Gasteiger partial charge in [-0.2, -0.15) is 0 Å². The smallest absolute Gasteiger partial charge is 0.0662 e. The summed E-state index contributed by atoms with van der Waals surface area (Å²) in [4.78, 5) is 0. The first-order valence-corrected chi connectivity index (χ1v) is 5.64. The molecule has 0 aliphatic heterocycles. The summed E-state index contributed by atoms with van der Waals surface area (Å²) in [7, 11) is 0. The van der Waals surface area contributed by atoms with Gasteiger partial charge < -0.3 is 10.8 Å². The van der Waals surface area contributed by atoms with E-state index in [2.05, 4.69) is 0 Å². The fourth-order valence-electron chi connectivity index (χ4n) is 2.15. The molecule has 1 aliphatic carbocycles. The lowest BCUT2D eigenvalue weighted by Crippen LogP contribution is -2.32. The Bertz CT molecular complexity index is 130. The van der Waals surface area contributed by atoms with E-state index in [1.54, 1.807) is 6.92 Å². The van der Waals surface area contributed by atoms with Crippen molar-refractivity contribution in [3.63, 3.8) is 0 Å². The molecule has 0 amide bonds. The van der Waals surface area contributed by atoms with Crippen LogP contribution in [0.2, 0.25) is 0 Å². The molecule has 13 heavy (non-hydrogen) atoms. The Hall–Kier alpha value is -0.0800. The van der Waals surface area contributed by atoms with Crippen LogP contribution in [0.4, 0.5) is 0 Å². The van der Waals surface area contributed by atoms with E-state index in [9.17, 15) is 5.11 Å². The van der Waals surface area contributed by atoms with Crippen LogP contribution in [-0.2, 0) is 0 Å². The summed E-state index contributed by atoms with van der Waals surface area (Å²) in [6.07, 6.45) is 8.83. The van der Waals surface area contributed by atoms with Gasteiger partial charge in [-0.05, 0) is 25.7 Å². The van der Waals surface area contributed by atoms with Crippen molar-refractivity contribution in [2.45, 2.75) is 64.0 Å². The van der Waals surface area contributed by atoms with E-state index in [0.717, 1.165) is 12.3 Å². The van der Waals surface area contributed by atoms with Crippen LogP contribution in [-0.4, -0.2) is 17.3 Å². The SMILES string of the molecule is CC(O)[C@@H](N)CCC1CCCCC1. The maximum absolute atomic E-state index is 9.23. The van der Waals surface area contributed by atoms with Gasteiger partial charge in [0.15, 0.2) is 0 Å². The van der Waals surface area contributed by atoms with Gasteiger partial charge >= 0.3 is 0 Å². The molecule has 1 aliphatic rings. The molecule has 0 aromatic carbocycles. The van der Waals surface area contributed by atoms with E-state index in [-0.39, 0.29) is 12.1 Å². The summed E-state index contributed by atoms with van der Waals surface area (Å²) < 4.78 is 0. The first-order chi connectivity index (χ1) is 6.20. The molecular formula is C11H23NO. The minimum Gasteiger partial charge on any atom is -0.392 e. The van der Waals surface area contributed by atoms with Crippen molar-refractivity contribution in [3.8, 4) is 0 Å². The Morgan fingerprint density at radius 1 is 1.31 bits per heavy atom. The van der Waals surface area contributed by atoms with Crippen molar-refractivity contribution in [3.05, 3.63) is 0 Å². The quantitative estimate of drug-likeness (QED) is 0.704. The van der Waals surface area contributed by atoms with Crippen LogP contribution in [0.25, 0.3) is 0 Å². The van der Waals surface area contributed by atoms with Crippen LogP contribution in [0, 0.1) is 5.92 Å². The van der Waals surface area contributed by atoms with Crippen LogP contribution < -0.4 is 5.73 Å². The molecule has 0 bridgehead atoms. The Kier molecular flexibility index (Phi) is 4.74. The molecule has 2 nitrogen and oxygen atoms in total. The lowest BCUT2D eigenvalue weighted by atomic mass is 9.85. The molecule has 1 saturated carbocycles. The van der Waals surface area contributed by atoms with E-state index >= 15 is 0 Å². The molecule has 1 fully saturated rings. The van der Waals surface area contributed by atoms with Gasteiger partial charge in [0, 0.05) is 6.04 Å². The lowest BCUT2D eigenvalue weighted by Gasteiger charge is -2.23. The highest BCUT2D eigenvalue weighted by molar-refractivity contribution is 4.72. The monoisotopic (exact) mass is 185 g/mol. The molecular weight excluding hydrogens is 162 g/mol. The Morgan fingerprint density at radius 3 is 2.46 bits per heavy atom. The van der Waals surface area contributed by atoms with E-state index in [1.807, 2.05) is 0 Å². The lowest BCUT2D eigenvalue weighted by molar-refractivity contribution is 0.153. The summed E-state index contributed by atoms with van der Waals surface area (Å²) in [5.41, 5.74) is 5.78. The van der Waals surface area contributed by atoms with Gasteiger partial charge in [0.25, 0.3) is 0 Å². The van der Waals surface area contributed by atoms with Gasteiger partial charge in [-0.3, -0.25) is 0 Å². The van der Waals surface area contributed by atoms with Gasteiger partial charge in [0.2, 0.25) is 0 Å². The van der Waals surface area contributed by atoms with Gasteiger partial charge in [-0.25, -0.2) is 0 Å². The molecule has 2 atom stereocenters. The zero-order chi connectivity index (χ0) is 9.68. The van der Waals surface area contributed by atoms with E-state index < -0.39 is 0 Å². The maximum atomic E-state index is 9.23. The van der Waals surface area contributed by atoms with Crippen molar-refractivity contribution >= 4 is 0 Å². The fourth-order valence-corrected chi connectivity index (χ4v) is 2.15. The van der Waals surface area contributed by atoms with Crippen molar-refractivity contribution in [1.29, 1.82) is 0 Å². The van der Waals surface area contributed by atoms with Crippen LogP contribution >= 0.6 is 0 Å². The maximum Gasteiger partial charge on any atom is 0.0662 e. The van der Waals surface area contributed by atoms with Crippen molar-refractivity contribution < 1.29 is 5.11 Å². The van der Waals surface area contributed by atoms with Gasteiger partial charge in [-0.15, -0.1) is 0 Å². The number of aliphatic hydroxyl groups is 1. The Balaban J connectivity index is 2.10. The molecule has 2 heteroatoms. The fraction of sp³-hybridized carbons (Fsp3) is 1.00. The molecule has 0 spiro atoms. The molecule has 0 radical (unpaired) electrons. The van der Waals surface area contributed by atoms with Gasteiger partial charge in [-0.1, -0.05) is 32.1 Å². The second-order valence-corrected chi connectivity index (χ2v) is 4.49. The van der Waals surface area contributed by atoms with E-state index in [1.165, 1.54) is 38.5 Å². The van der Waals surface area contributed by atoms with Crippen LogP contribution in [0.3, 0.4) is 0 Å². The van der Waals surface area contributed by atoms with Crippen LogP contribution in [0.1, 0.15) is 51.9 Å². The van der Waals surface area contributed by atoms with Crippen molar-refractivity contribution in [2.75, 3.05) is 0 Å². The Morgan fingerprint density at radius 2 is 1.92 bits per heavy atom. The molecule has 3 N–H and O–H groups in total. The third-order valence-electron chi connectivity index (χ3n) is 3.25. The van der Waals surface area contributed by atoms with E-state index in [0.29, 0.717) is 0 Å². The second kappa shape index (κ2) is 5.61. The minimum absolute atomic E-state index is 0.0121. The first kappa shape index (κ1) is 11.0. The number of hydrogen-bond donors (Lipinski definition) is 2. The predicted octanol–water partition coefficient (Wildman–Crippen LogP) is 2.05. The van der Waals surface area contributed by atoms with E-state index in [4.69, 9.17) is 5.73 Å². The molecule has 0 aromatic heterocycles. The largest absolute Gasteiger partial charge is 0.392 e. The highest BCUT2D eigenvalue weighted by Gasteiger charge is 2.16. The normalized spacial score (nSPS) is 24.2. The summed E-state index contributed by atoms with van der Waals surface area (Å²) in [6, 6.07) is -0.0121. The van der Waals surface area contributed by atoms with Crippen molar-refractivity contribution in [1.82, 2.24) is 0 Å².